The van der Waals surface area contributed by atoms with Crippen molar-refractivity contribution in [3.63, 3.8) is 0 Å². The minimum Gasteiger partial charge on any atom is -0.456 e. The van der Waals surface area contributed by atoms with E-state index in [-0.39, 0.29) is 0 Å². The number of para-hydroxylation sites is 2. The predicted octanol–water partition coefficient (Wildman–Crippen LogP) is 12.2. The van der Waals surface area contributed by atoms with Crippen molar-refractivity contribution < 1.29 is 4.42 Å². The fourth-order valence-corrected chi connectivity index (χ4v) is 8.70. The maximum absolute atomic E-state index is 6.64. The Labute approximate surface area is 295 Å². The van der Waals surface area contributed by atoms with E-state index in [2.05, 4.69) is 102 Å². The maximum atomic E-state index is 6.64. The molecule has 5 nitrogen and oxygen atoms in total. The fourth-order valence-electron chi connectivity index (χ4n) is 7.60. The van der Waals surface area contributed by atoms with Gasteiger partial charge in [0.1, 0.15) is 11.2 Å². The molecule has 0 aliphatic carbocycles. The van der Waals surface area contributed by atoms with Crippen molar-refractivity contribution in [3.05, 3.63) is 158 Å². The van der Waals surface area contributed by atoms with E-state index in [0.29, 0.717) is 17.5 Å². The molecule has 6 heteroatoms. The van der Waals surface area contributed by atoms with Gasteiger partial charge in [0.15, 0.2) is 17.5 Å². The maximum Gasteiger partial charge on any atom is 0.164 e. The van der Waals surface area contributed by atoms with Gasteiger partial charge in [-0.1, -0.05) is 103 Å². The zero-order valence-electron chi connectivity index (χ0n) is 27.1. The molecule has 0 aliphatic rings. The second kappa shape index (κ2) is 10.9. The summed E-state index contributed by atoms with van der Waals surface area (Å²) in [5, 5.41) is 7.02. The Bertz CT molecular complexity index is 3030. The van der Waals surface area contributed by atoms with E-state index in [1.165, 1.54) is 36.6 Å². The molecule has 238 valence electrons. The van der Waals surface area contributed by atoms with Gasteiger partial charge >= 0.3 is 0 Å². The smallest absolute Gasteiger partial charge is 0.164 e. The number of hydrogen-bond acceptors (Lipinski definition) is 5. The molecule has 51 heavy (non-hydrogen) atoms. The van der Waals surface area contributed by atoms with Crippen LogP contribution in [0.5, 0.6) is 0 Å². The molecule has 0 saturated heterocycles. The Morgan fingerprint density at radius 2 is 0.980 bits per heavy atom. The number of fused-ring (bicyclic) bond motifs is 10. The van der Waals surface area contributed by atoms with Gasteiger partial charge in [0.25, 0.3) is 0 Å². The van der Waals surface area contributed by atoms with Crippen LogP contribution in [0.1, 0.15) is 0 Å². The van der Waals surface area contributed by atoms with Crippen molar-refractivity contribution >= 4 is 75.3 Å². The molecule has 0 spiro atoms. The normalized spacial score (nSPS) is 11.9. The summed E-state index contributed by atoms with van der Waals surface area (Å²) in [4.78, 5) is 15.0. The molecule has 0 unspecified atom stereocenters. The lowest BCUT2D eigenvalue weighted by molar-refractivity contribution is 0.669. The number of aromatic nitrogens is 4. The minimum absolute atomic E-state index is 0.638. The largest absolute Gasteiger partial charge is 0.456 e. The van der Waals surface area contributed by atoms with Crippen LogP contribution in [-0.4, -0.2) is 19.5 Å². The third-order valence-corrected chi connectivity index (χ3v) is 11.0. The average Bonchev–Trinajstić information content (AvgIpc) is 3.87. The molecule has 0 fully saturated rings. The molecule has 0 saturated carbocycles. The quantitative estimate of drug-likeness (QED) is 0.187. The first-order chi connectivity index (χ1) is 25.3. The van der Waals surface area contributed by atoms with E-state index < -0.39 is 0 Å². The zero-order valence-corrected chi connectivity index (χ0v) is 27.9. The van der Waals surface area contributed by atoms with Crippen LogP contribution in [0.4, 0.5) is 0 Å². The number of nitrogens with zero attached hydrogens (tertiary/aromatic N) is 4. The van der Waals surface area contributed by atoms with Crippen molar-refractivity contribution in [1.29, 1.82) is 0 Å². The third-order valence-electron chi connectivity index (χ3n) is 9.85. The first kappa shape index (κ1) is 28.2. The number of benzene rings is 7. The molecule has 0 atom stereocenters. The summed E-state index contributed by atoms with van der Waals surface area (Å²) in [5.41, 5.74) is 8.01. The highest BCUT2D eigenvalue weighted by Crippen LogP contribution is 2.46. The van der Waals surface area contributed by atoms with Crippen LogP contribution in [0.15, 0.2) is 162 Å². The lowest BCUT2D eigenvalue weighted by Gasteiger charge is -2.10. The summed E-state index contributed by atoms with van der Waals surface area (Å²) < 4.78 is 11.4. The second-order valence-electron chi connectivity index (χ2n) is 12.8. The molecule has 4 aromatic heterocycles. The molecule has 4 heterocycles. The average molecular weight is 671 g/mol. The SMILES string of the molecule is c1ccc(-c2nc(-c3ccccc3)nc(-c3ccc4sc5ccc6oc7cccc(-n8c9ccccc9c9ccccc98)c7c6c5c4c3)n2)cc1. The molecule has 0 bridgehead atoms. The van der Waals surface area contributed by atoms with Gasteiger partial charge in [-0.2, -0.15) is 0 Å². The Morgan fingerprint density at radius 1 is 0.412 bits per heavy atom. The van der Waals surface area contributed by atoms with Gasteiger partial charge in [-0.15, -0.1) is 11.3 Å². The topological polar surface area (TPSA) is 56.7 Å². The molecule has 11 aromatic rings. The summed E-state index contributed by atoms with van der Waals surface area (Å²) >= 11 is 1.80. The van der Waals surface area contributed by atoms with Crippen molar-refractivity contribution in [2.24, 2.45) is 0 Å². The summed E-state index contributed by atoms with van der Waals surface area (Å²) in [6.07, 6.45) is 0. The van der Waals surface area contributed by atoms with Crippen molar-refractivity contribution in [3.8, 4) is 39.9 Å². The molecule has 0 radical (unpaired) electrons. The van der Waals surface area contributed by atoms with Crippen LogP contribution in [0, 0.1) is 0 Å². The molecule has 11 rings (SSSR count). The van der Waals surface area contributed by atoms with Crippen LogP contribution in [0.3, 0.4) is 0 Å². The van der Waals surface area contributed by atoms with Crippen LogP contribution in [-0.2, 0) is 0 Å². The number of rotatable bonds is 4. The molecule has 0 N–H and O–H groups in total. The molecule has 0 aliphatic heterocycles. The Morgan fingerprint density at radius 3 is 1.65 bits per heavy atom. The highest BCUT2D eigenvalue weighted by molar-refractivity contribution is 7.26. The first-order valence-electron chi connectivity index (χ1n) is 16.9. The predicted molar refractivity (Wildman–Crippen MR) is 211 cm³/mol. The van der Waals surface area contributed by atoms with Crippen LogP contribution in [0.2, 0.25) is 0 Å². The van der Waals surface area contributed by atoms with E-state index in [9.17, 15) is 0 Å². The van der Waals surface area contributed by atoms with E-state index in [1.54, 1.807) is 11.3 Å². The number of hydrogen-bond donors (Lipinski definition) is 0. The highest BCUT2D eigenvalue weighted by atomic mass is 32.1. The van der Waals surface area contributed by atoms with Crippen molar-refractivity contribution in [2.75, 3.05) is 0 Å². The van der Waals surface area contributed by atoms with Gasteiger partial charge in [-0.05, 0) is 54.6 Å². The van der Waals surface area contributed by atoms with E-state index in [1.807, 2.05) is 60.7 Å². The van der Waals surface area contributed by atoms with Crippen molar-refractivity contribution in [1.82, 2.24) is 19.5 Å². The van der Waals surface area contributed by atoms with Gasteiger partial charge in [-0.3, -0.25) is 0 Å². The Kier molecular flexibility index (Phi) is 6.05. The monoisotopic (exact) mass is 670 g/mol. The zero-order chi connectivity index (χ0) is 33.5. The Hall–Kier alpha value is -6.63. The van der Waals surface area contributed by atoms with Gasteiger partial charge in [0.05, 0.1) is 22.1 Å². The van der Waals surface area contributed by atoms with Gasteiger partial charge in [-0.25, -0.2) is 15.0 Å². The highest BCUT2D eigenvalue weighted by Gasteiger charge is 2.21. The van der Waals surface area contributed by atoms with Crippen LogP contribution >= 0.6 is 11.3 Å². The van der Waals surface area contributed by atoms with Crippen molar-refractivity contribution in [2.45, 2.75) is 0 Å². The second-order valence-corrected chi connectivity index (χ2v) is 13.9. The van der Waals surface area contributed by atoms with E-state index in [0.717, 1.165) is 49.7 Å². The van der Waals surface area contributed by atoms with Crippen LogP contribution < -0.4 is 0 Å². The molecule has 0 amide bonds. The molecule has 7 aromatic carbocycles. The Balaban J connectivity index is 1.20. The van der Waals surface area contributed by atoms with E-state index in [4.69, 9.17) is 19.4 Å². The van der Waals surface area contributed by atoms with E-state index >= 15 is 0 Å². The fraction of sp³-hybridized carbons (Fsp3) is 0. The lowest BCUT2D eigenvalue weighted by atomic mass is 10.0. The van der Waals surface area contributed by atoms with Crippen LogP contribution in [0.25, 0.3) is 104 Å². The summed E-state index contributed by atoms with van der Waals surface area (Å²) in [7, 11) is 0. The standard InChI is InChI=1S/C45H26N4OS/c1-3-12-27(13-4-1)43-46-44(28-14-5-2-6-15-28)48-45(47-43)29-22-24-38-32(26-29)40-39(51-38)25-23-37-42(40)41-35(20-11-21-36(41)50-37)49-33-18-9-7-16-30(33)31-17-8-10-19-34(31)49/h1-26H. The minimum atomic E-state index is 0.638. The summed E-state index contributed by atoms with van der Waals surface area (Å²) in [6, 6.07) is 54.8. The third kappa shape index (κ3) is 4.30. The number of thiophene rings is 1. The summed E-state index contributed by atoms with van der Waals surface area (Å²) in [5.74, 6) is 1.93. The summed E-state index contributed by atoms with van der Waals surface area (Å²) in [6.45, 7) is 0. The molecular weight excluding hydrogens is 645 g/mol. The molecular formula is C45H26N4OS. The van der Waals surface area contributed by atoms with Gasteiger partial charge in [0, 0.05) is 53.0 Å². The van der Waals surface area contributed by atoms with Gasteiger partial charge in [0.2, 0.25) is 0 Å². The van der Waals surface area contributed by atoms with Gasteiger partial charge < -0.3 is 8.98 Å². The lowest BCUT2D eigenvalue weighted by Crippen LogP contribution is -2.00. The number of furan rings is 1. The first-order valence-corrected chi connectivity index (χ1v) is 17.8.